The molecular weight excluding hydrogens is 457 g/mol. The van der Waals surface area contributed by atoms with E-state index in [0.717, 1.165) is 31.3 Å². The second kappa shape index (κ2) is 10.7. The van der Waals surface area contributed by atoms with Gasteiger partial charge in [0.2, 0.25) is 0 Å². The molecule has 0 bridgehead atoms. The van der Waals surface area contributed by atoms with Crippen LogP contribution in [-0.4, -0.2) is 55.5 Å². The van der Waals surface area contributed by atoms with Crippen molar-refractivity contribution in [3.8, 4) is 0 Å². The molecule has 0 aromatic heterocycles. The number of anilines is 2. The number of likely N-dealkylation sites (tertiary alicyclic amines) is 1. The number of ketones is 1. The fourth-order valence-corrected chi connectivity index (χ4v) is 4.91. The van der Waals surface area contributed by atoms with Gasteiger partial charge in [-0.2, -0.15) is 13.2 Å². The third-order valence-corrected chi connectivity index (χ3v) is 6.80. The first-order valence-electron chi connectivity index (χ1n) is 12.0. The summed E-state index contributed by atoms with van der Waals surface area (Å²) in [6.07, 6.45) is -2.42. The van der Waals surface area contributed by atoms with Crippen LogP contribution in [0.2, 0.25) is 0 Å². The molecule has 2 fully saturated rings. The second-order valence-electron chi connectivity index (χ2n) is 9.34. The lowest BCUT2D eigenvalue weighted by Gasteiger charge is -2.33. The van der Waals surface area contributed by atoms with Crippen LogP contribution < -0.4 is 15.5 Å². The number of nitrogens with one attached hydrogen (secondary N) is 2. The van der Waals surface area contributed by atoms with E-state index in [1.807, 2.05) is 24.3 Å². The molecule has 35 heavy (non-hydrogen) atoms. The Hall–Kier alpha value is -3.07. The average molecular weight is 489 g/mol. The Kier molecular flexibility index (Phi) is 7.64. The average Bonchev–Trinajstić information content (AvgIpc) is 3.32. The Balaban J connectivity index is 1.28. The molecule has 2 saturated heterocycles. The van der Waals surface area contributed by atoms with Crippen molar-refractivity contribution < 1.29 is 22.8 Å². The summed E-state index contributed by atoms with van der Waals surface area (Å²) in [6.45, 7) is 4.49. The van der Waals surface area contributed by atoms with Gasteiger partial charge in [-0.05, 0) is 68.0 Å². The van der Waals surface area contributed by atoms with Gasteiger partial charge in [0.25, 0.3) is 0 Å². The molecule has 0 aliphatic carbocycles. The van der Waals surface area contributed by atoms with Crippen LogP contribution >= 0.6 is 0 Å². The van der Waals surface area contributed by atoms with Crippen molar-refractivity contribution in [1.82, 2.24) is 10.2 Å². The van der Waals surface area contributed by atoms with E-state index in [-0.39, 0.29) is 23.8 Å². The molecule has 2 aliphatic heterocycles. The van der Waals surface area contributed by atoms with Gasteiger partial charge in [-0.3, -0.25) is 4.79 Å². The fourth-order valence-electron chi connectivity index (χ4n) is 4.91. The van der Waals surface area contributed by atoms with Crippen molar-refractivity contribution in [3.63, 3.8) is 0 Å². The van der Waals surface area contributed by atoms with Gasteiger partial charge < -0.3 is 20.4 Å². The van der Waals surface area contributed by atoms with Gasteiger partial charge in [0.1, 0.15) is 5.78 Å². The van der Waals surface area contributed by atoms with Crippen molar-refractivity contribution in [2.45, 2.75) is 44.3 Å². The number of benzene rings is 2. The molecule has 0 spiro atoms. The van der Waals surface area contributed by atoms with Gasteiger partial charge >= 0.3 is 12.2 Å². The minimum atomic E-state index is -4.38. The second-order valence-corrected chi connectivity index (χ2v) is 9.34. The van der Waals surface area contributed by atoms with Crippen LogP contribution in [0.25, 0.3) is 0 Å². The molecule has 2 aliphatic rings. The highest BCUT2D eigenvalue weighted by Gasteiger charge is 2.36. The maximum atomic E-state index is 13.4. The first kappa shape index (κ1) is 25.0. The number of Topliss-reactive ketones (excluding diaryl/α,β-unsaturated/α-hetero) is 1. The standard InChI is InChI=1S/C26H31F3N4O2/c1-18(34)16-30-21-12-15-33(17-21)22-8-6-20(7-9-22)31-25(35)32-13-10-19(11-14-32)23-4-2-3-5-24(23)26(27,28)29/h2-9,19,21,30H,10-17H2,1H3,(H,31,35). The van der Waals surface area contributed by atoms with Crippen molar-refractivity contribution in [2.24, 2.45) is 0 Å². The topological polar surface area (TPSA) is 64.7 Å². The highest BCUT2D eigenvalue weighted by Crippen LogP contribution is 2.38. The zero-order valence-corrected chi connectivity index (χ0v) is 19.8. The van der Waals surface area contributed by atoms with Gasteiger partial charge in [-0.1, -0.05) is 18.2 Å². The normalized spacial score (nSPS) is 19.1. The highest BCUT2D eigenvalue weighted by molar-refractivity contribution is 5.89. The summed E-state index contributed by atoms with van der Waals surface area (Å²) in [7, 11) is 0. The molecule has 2 amide bonds. The van der Waals surface area contributed by atoms with Crippen LogP contribution in [-0.2, 0) is 11.0 Å². The maximum Gasteiger partial charge on any atom is 0.416 e. The third-order valence-electron chi connectivity index (χ3n) is 6.80. The van der Waals surface area contributed by atoms with Crippen LogP contribution in [0.15, 0.2) is 48.5 Å². The van der Waals surface area contributed by atoms with Crippen LogP contribution in [0.5, 0.6) is 0 Å². The van der Waals surface area contributed by atoms with E-state index in [2.05, 4.69) is 15.5 Å². The van der Waals surface area contributed by atoms with E-state index in [1.165, 1.54) is 6.07 Å². The number of alkyl halides is 3. The Labute approximate surface area is 203 Å². The Morgan fingerprint density at radius 2 is 1.66 bits per heavy atom. The molecule has 4 rings (SSSR count). The number of hydrogen-bond acceptors (Lipinski definition) is 4. The van der Waals surface area contributed by atoms with Gasteiger partial charge in [-0.25, -0.2) is 4.79 Å². The predicted octanol–water partition coefficient (Wildman–Crippen LogP) is 4.87. The van der Waals surface area contributed by atoms with Gasteiger partial charge in [-0.15, -0.1) is 0 Å². The number of urea groups is 1. The lowest BCUT2D eigenvalue weighted by Crippen LogP contribution is -2.40. The highest BCUT2D eigenvalue weighted by atomic mass is 19.4. The minimum absolute atomic E-state index is 0.124. The molecular formula is C26H31F3N4O2. The molecule has 2 aromatic carbocycles. The molecule has 0 radical (unpaired) electrons. The van der Waals surface area contributed by atoms with E-state index < -0.39 is 11.7 Å². The summed E-state index contributed by atoms with van der Waals surface area (Å²) in [5, 5.41) is 6.17. The quantitative estimate of drug-likeness (QED) is 0.609. The van der Waals surface area contributed by atoms with Crippen molar-refractivity contribution in [2.75, 3.05) is 42.9 Å². The van der Waals surface area contributed by atoms with Crippen LogP contribution in [0.4, 0.5) is 29.3 Å². The van der Waals surface area contributed by atoms with Crippen LogP contribution in [0.1, 0.15) is 43.2 Å². The molecule has 2 heterocycles. The number of rotatable bonds is 6. The van der Waals surface area contributed by atoms with Gasteiger partial charge in [0, 0.05) is 43.6 Å². The van der Waals surface area contributed by atoms with Crippen molar-refractivity contribution in [1.29, 1.82) is 0 Å². The number of piperidine rings is 1. The molecule has 2 aromatic rings. The first-order chi connectivity index (χ1) is 16.7. The zero-order valence-electron chi connectivity index (χ0n) is 19.8. The number of halogens is 3. The Morgan fingerprint density at radius 3 is 2.31 bits per heavy atom. The van der Waals surface area contributed by atoms with Gasteiger partial charge in [0.15, 0.2) is 0 Å². The zero-order chi connectivity index (χ0) is 25.0. The molecule has 1 unspecified atom stereocenters. The largest absolute Gasteiger partial charge is 0.416 e. The molecule has 1 atom stereocenters. The van der Waals surface area contributed by atoms with Crippen LogP contribution in [0, 0.1) is 0 Å². The van der Waals surface area contributed by atoms with Crippen molar-refractivity contribution >= 4 is 23.2 Å². The third kappa shape index (κ3) is 6.33. The molecule has 6 nitrogen and oxygen atoms in total. The molecule has 9 heteroatoms. The lowest BCUT2D eigenvalue weighted by molar-refractivity contribution is -0.138. The predicted molar refractivity (Wildman–Crippen MR) is 130 cm³/mol. The smallest absolute Gasteiger partial charge is 0.370 e. The summed E-state index contributed by atoms with van der Waals surface area (Å²) in [4.78, 5) is 27.8. The summed E-state index contributed by atoms with van der Waals surface area (Å²) < 4.78 is 40.1. The number of carbonyl (C=O) groups is 2. The lowest BCUT2D eigenvalue weighted by atomic mass is 9.86. The SMILES string of the molecule is CC(=O)CNC1CCN(c2ccc(NC(=O)N3CCC(c4ccccc4C(F)(F)F)CC3)cc2)C1. The van der Waals surface area contributed by atoms with E-state index in [4.69, 9.17) is 0 Å². The summed E-state index contributed by atoms with van der Waals surface area (Å²) in [6, 6.07) is 13.4. The summed E-state index contributed by atoms with van der Waals surface area (Å²) in [5.41, 5.74) is 1.46. The monoisotopic (exact) mass is 488 g/mol. The van der Waals surface area contributed by atoms with Crippen molar-refractivity contribution in [3.05, 3.63) is 59.7 Å². The van der Waals surface area contributed by atoms with E-state index in [0.29, 0.717) is 43.7 Å². The number of nitrogens with zero attached hydrogens (tertiary/aromatic N) is 2. The molecule has 2 N–H and O–H groups in total. The fraction of sp³-hybridized carbons (Fsp3) is 0.462. The summed E-state index contributed by atoms with van der Waals surface area (Å²) >= 11 is 0. The Bertz CT molecular complexity index is 1030. The first-order valence-corrected chi connectivity index (χ1v) is 12.0. The Morgan fingerprint density at radius 1 is 0.971 bits per heavy atom. The van der Waals surface area contributed by atoms with Crippen LogP contribution in [0.3, 0.4) is 0 Å². The van der Waals surface area contributed by atoms with E-state index >= 15 is 0 Å². The number of amides is 2. The number of hydrogen-bond donors (Lipinski definition) is 2. The van der Waals surface area contributed by atoms with E-state index in [9.17, 15) is 22.8 Å². The minimum Gasteiger partial charge on any atom is -0.370 e. The maximum absolute atomic E-state index is 13.4. The van der Waals surface area contributed by atoms with Gasteiger partial charge in [0.05, 0.1) is 12.1 Å². The molecule has 188 valence electrons. The number of carbonyl (C=O) groups excluding carboxylic acids is 2. The summed E-state index contributed by atoms with van der Waals surface area (Å²) in [5.74, 6) is -0.0933. The molecule has 0 saturated carbocycles. The van der Waals surface area contributed by atoms with E-state index in [1.54, 1.807) is 24.0 Å².